The Morgan fingerprint density at radius 2 is 1.59 bits per heavy atom. The Hall–Kier alpha value is -3.78. The van der Waals surface area contributed by atoms with Crippen LogP contribution in [0.15, 0.2) is 88.4 Å². The highest BCUT2D eigenvalue weighted by Gasteiger charge is 2.22. The molecule has 1 aromatic heterocycles. The molecule has 0 aliphatic carbocycles. The van der Waals surface area contributed by atoms with E-state index in [0.29, 0.717) is 23.8 Å². The summed E-state index contributed by atoms with van der Waals surface area (Å²) >= 11 is 3.46. The quantitative estimate of drug-likeness (QED) is 0.188. The second kappa shape index (κ2) is 12.0. The number of hydrogen-bond donors (Lipinski definition) is 2. The first-order valence-electron chi connectivity index (χ1n) is 12.5. The summed E-state index contributed by atoms with van der Waals surface area (Å²) in [6.45, 7) is 3.89. The van der Waals surface area contributed by atoms with E-state index in [1.54, 1.807) is 6.21 Å². The highest BCUT2D eigenvalue weighted by molar-refractivity contribution is 9.10. The SMILES string of the molecule is Cc1ccc(Nc2nc(N/N=C/c3ccc(Br)cc3)nc(N3CCC(Cc4ccccc4)CC3)n2)cc1. The van der Waals surface area contributed by atoms with Gasteiger partial charge >= 0.3 is 0 Å². The van der Waals surface area contributed by atoms with Gasteiger partial charge in [0, 0.05) is 23.2 Å². The van der Waals surface area contributed by atoms with E-state index in [-0.39, 0.29) is 0 Å². The van der Waals surface area contributed by atoms with Gasteiger partial charge in [-0.15, -0.1) is 0 Å². The van der Waals surface area contributed by atoms with Crippen LogP contribution in [-0.4, -0.2) is 34.3 Å². The predicted molar refractivity (Wildman–Crippen MR) is 155 cm³/mol. The zero-order valence-corrected chi connectivity index (χ0v) is 22.4. The molecule has 0 spiro atoms. The number of piperidine rings is 1. The van der Waals surface area contributed by atoms with Crippen molar-refractivity contribution in [3.8, 4) is 0 Å². The summed E-state index contributed by atoms with van der Waals surface area (Å²) in [6.07, 6.45) is 5.07. The minimum Gasteiger partial charge on any atom is -0.341 e. The van der Waals surface area contributed by atoms with Crippen LogP contribution >= 0.6 is 15.9 Å². The summed E-state index contributed by atoms with van der Waals surface area (Å²) in [7, 11) is 0. The molecule has 0 bridgehead atoms. The van der Waals surface area contributed by atoms with E-state index in [1.807, 2.05) is 36.4 Å². The van der Waals surface area contributed by atoms with Gasteiger partial charge in [-0.2, -0.15) is 20.1 Å². The van der Waals surface area contributed by atoms with Gasteiger partial charge in [0.25, 0.3) is 0 Å². The average molecular weight is 557 g/mol. The Labute approximate surface area is 226 Å². The molecule has 8 heteroatoms. The van der Waals surface area contributed by atoms with Gasteiger partial charge in [-0.05, 0) is 67.5 Å². The number of aryl methyl sites for hydroxylation is 1. The van der Waals surface area contributed by atoms with Crippen LogP contribution in [0.25, 0.3) is 0 Å². The van der Waals surface area contributed by atoms with E-state index in [4.69, 9.17) is 9.97 Å². The summed E-state index contributed by atoms with van der Waals surface area (Å²) in [5.41, 5.74) is 7.50. The van der Waals surface area contributed by atoms with Crippen molar-refractivity contribution in [1.82, 2.24) is 15.0 Å². The highest BCUT2D eigenvalue weighted by atomic mass is 79.9. The molecule has 1 aliphatic heterocycles. The van der Waals surface area contributed by atoms with Gasteiger partial charge in [0.05, 0.1) is 6.21 Å². The maximum Gasteiger partial charge on any atom is 0.250 e. The van der Waals surface area contributed by atoms with Crippen LogP contribution in [0.4, 0.5) is 23.5 Å². The first kappa shape index (κ1) is 24.9. The summed E-state index contributed by atoms with van der Waals surface area (Å²) < 4.78 is 1.03. The lowest BCUT2D eigenvalue weighted by atomic mass is 9.90. The third-order valence-electron chi connectivity index (χ3n) is 6.44. The molecule has 0 radical (unpaired) electrons. The van der Waals surface area contributed by atoms with Gasteiger partial charge in [-0.25, -0.2) is 5.43 Å². The number of hydrogen-bond acceptors (Lipinski definition) is 7. The van der Waals surface area contributed by atoms with E-state index in [1.165, 1.54) is 11.1 Å². The van der Waals surface area contributed by atoms with Crippen LogP contribution in [0.5, 0.6) is 0 Å². The Balaban J connectivity index is 1.31. The predicted octanol–water partition coefficient (Wildman–Crippen LogP) is 6.59. The van der Waals surface area contributed by atoms with Crippen LogP contribution in [-0.2, 0) is 6.42 Å². The molecule has 0 unspecified atom stereocenters. The summed E-state index contributed by atoms with van der Waals surface area (Å²) in [5.74, 6) is 2.21. The Morgan fingerprint density at radius 3 is 2.32 bits per heavy atom. The highest BCUT2D eigenvalue weighted by Crippen LogP contribution is 2.26. The smallest absolute Gasteiger partial charge is 0.250 e. The molecule has 1 saturated heterocycles. The van der Waals surface area contributed by atoms with E-state index in [2.05, 4.69) is 91.0 Å². The third kappa shape index (κ3) is 7.13. The molecule has 0 saturated carbocycles. The lowest BCUT2D eigenvalue weighted by Gasteiger charge is -2.32. The monoisotopic (exact) mass is 555 g/mol. The van der Waals surface area contributed by atoms with Crippen LogP contribution in [0.2, 0.25) is 0 Å². The fraction of sp³-hybridized carbons (Fsp3) is 0.241. The Bertz CT molecular complexity index is 1320. The number of nitrogens with zero attached hydrogens (tertiary/aromatic N) is 5. The van der Waals surface area contributed by atoms with Gasteiger partial charge in [-0.3, -0.25) is 0 Å². The van der Waals surface area contributed by atoms with E-state index in [9.17, 15) is 0 Å². The topological polar surface area (TPSA) is 78.3 Å². The molecule has 7 nitrogen and oxygen atoms in total. The van der Waals surface area contributed by atoms with E-state index in [0.717, 1.165) is 48.1 Å². The molecule has 2 N–H and O–H groups in total. The van der Waals surface area contributed by atoms with Crippen LogP contribution in [0, 0.1) is 12.8 Å². The van der Waals surface area contributed by atoms with E-state index >= 15 is 0 Å². The minimum absolute atomic E-state index is 0.402. The first-order chi connectivity index (χ1) is 18.1. The van der Waals surface area contributed by atoms with Crippen molar-refractivity contribution < 1.29 is 0 Å². The molecule has 3 aromatic carbocycles. The van der Waals surface area contributed by atoms with Crippen LogP contribution < -0.4 is 15.6 Å². The van der Waals surface area contributed by atoms with Crippen molar-refractivity contribution in [1.29, 1.82) is 0 Å². The Morgan fingerprint density at radius 1 is 0.892 bits per heavy atom. The summed E-state index contributed by atoms with van der Waals surface area (Å²) in [4.78, 5) is 16.3. The lowest BCUT2D eigenvalue weighted by Crippen LogP contribution is -2.35. The molecule has 0 amide bonds. The van der Waals surface area contributed by atoms with Crippen molar-refractivity contribution in [2.24, 2.45) is 11.0 Å². The van der Waals surface area contributed by atoms with Crippen LogP contribution in [0.3, 0.4) is 0 Å². The average Bonchev–Trinajstić information content (AvgIpc) is 2.92. The van der Waals surface area contributed by atoms with Gasteiger partial charge in [0.2, 0.25) is 17.8 Å². The zero-order chi connectivity index (χ0) is 25.5. The standard InChI is InChI=1S/C29H30BrN7/c1-21-7-13-26(14-8-21)32-27-33-28(36-31-20-24-9-11-25(30)12-10-24)35-29(34-27)37-17-15-23(16-18-37)19-22-5-3-2-4-6-22/h2-14,20,23H,15-19H2,1H3,(H2,32,33,34,35,36)/b31-20+. The van der Waals surface area contributed by atoms with Gasteiger partial charge in [0.15, 0.2) is 0 Å². The van der Waals surface area contributed by atoms with Crippen molar-refractivity contribution in [3.63, 3.8) is 0 Å². The molecule has 0 atom stereocenters. The fourth-order valence-electron chi connectivity index (χ4n) is 4.38. The van der Waals surface area contributed by atoms with E-state index < -0.39 is 0 Å². The van der Waals surface area contributed by atoms with Crippen LogP contribution in [0.1, 0.15) is 29.5 Å². The molecule has 5 rings (SSSR count). The molecule has 37 heavy (non-hydrogen) atoms. The minimum atomic E-state index is 0.402. The molecule has 188 valence electrons. The molecular weight excluding hydrogens is 526 g/mol. The maximum atomic E-state index is 4.76. The summed E-state index contributed by atoms with van der Waals surface area (Å²) in [5, 5.41) is 7.68. The van der Waals surface area contributed by atoms with Gasteiger partial charge in [0.1, 0.15) is 0 Å². The van der Waals surface area contributed by atoms with Gasteiger partial charge < -0.3 is 10.2 Å². The van der Waals surface area contributed by atoms with Gasteiger partial charge in [-0.1, -0.05) is 76.1 Å². The van der Waals surface area contributed by atoms with Crippen molar-refractivity contribution in [3.05, 3.63) is 100 Å². The lowest BCUT2D eigenvalue weighted by molar-refractivity contribution is 0.400. The van der Waals surface area contributed by atoms with Crippen molar-refractivity contribution >= 4 is 45.7 Å². The number of aromatic nitrogens is 3. The molecule has 1 fully saturated rings. The molecule has 1 aliphatic rings. The second-order valence-corrected chi connectivity index (χ2v) is 10.2. The number of benzene rings is 3. The first-order valence-corrected chi connectivity index (χ1v) is 13.3. The number of anilines is 4. The second-order valence-electron chi connectivity index (χ2n) is 9.32. The number of halogens is 1. The normalized spacial score (nSPS) is 14.2. The fourth-order valence-corrected chi connectivity index (χ4v) is 4.64. The molecule has 2 heterocycles. The molecular formula is C29H30BrN7. The van der Waals surface area contributed by atoms with Crippen molar-refractivity contribution in [2.75, 3.05) is 28.7 Å². The molecule has 4 aromatic rings. The Kier molecular flexibility index (Phi) is 8.05. The zero-order valence-electron chi connectivity index (χ0n) is 20.8. The number of rotatable bonds is 8. The maximum absolute atomic E-state index is 4.76. The largest absolute Gasteiger partial charge is 0.341 e. The summed E-state index contributed by atoms with van der Waals surface area (Å²) in [6, 6.07) is 26.8. The number of nitrogens with one attached hydrogen (secondary N) is 2. The number of hydrazone groups is 1. The van der Waals surface area contributed by atoms with Crippen molar-refractivity contribution in [2.45, 2.75) is 26.2 Å². The third-order valence-corrected chi connectivity index (χ3v) is 6.97.